The van der Waals surface area contributed by atoms with Crippen LogP contribution in [0.15, 0.2) is 53.4 Å². The lowest BCUT2D eigenvalue weighted by atomic mass is 10.1. The molecule has 3 aromatic heterocycles. The van der Waals surface area contributed by atoms with E-state index in [0.29, 0.717) is 5.52 Å². The van der Waals surface area contributed by atoms with Crippen LogP contribution in [0.25, 0.3) is 22.0 Å². The Bertz CT molecular complexity index is 1170. The molecule has 0 fully saturated rings. The number of nitrogens with zero attached hydrogens (tertiary/aromatic N) is 3. The van der Waals surface area contributed by atoms with Gasteiger partial charge in [0.25, 0.3) is 5.91 Å². The summed E-state index contributed by atoms with van der Waals surface area (Å²) in [4.78, 5) is 16.9. The molecule has 1 N–H and O–H groups in total. The van der Waals surface area contributed by atoms with E-state index in [4.69, 9.17) is 0 Å². The normalized spacial score (nSPS) is 11.7. The van der Waals surface area contributed by atoms with Crippen molar-refractivity contribution >= 4 is 34.0 Å². The average molecular weight is 402 g/mol. The number of hydrogen-bond donors (Lipinski definition) is 1. The predicted octanol–water partition coefficient (Wildman–Crippen LogP) is 4.97. The molecule has 0 unspecified atom stereocenters. The maximum Gasteiger partial charge on any atom is 0.435 e. The Morgan fingerprint density at radius 2 is 1.96 bits per heavy atom. The molecular formula is C19H13F3N4OS. The third kappa shape index (κ3) is 3.48. The van der Waals surface area contributed by atoms with Gasteiger partial charge >= 0.3 is 6.18 Å². The van der Waals surface area contributed by atoms with Crippen LogP contribution in [0.3, 0.4) is 0 Å². The van der Waals surface area contributed by atoms with Crippen LogP contribution in [0.5, 0.6) is 0 Å². The van der Waals surface area contributed by atoms with Gasteiger partial charge in [0.2, 0.25) is 0 Å². The molecule has 0 bridgehead atoms. The smallest absolute Gasteiger partial charge is 0.307 e. The van der Waals surface area contributed by atoms with E-state index < -0.39 is 17.8 Å². The summed E-state index contributed by atoms with van der Waals surface area (Å²) in [6.45, 7) is 0. The van der Waals surface area contributed by atoms with E-state index in [1.807, 2.05) is 22.9 Å². The number of nitrogens with one attached hydrogen (secondary N) is 1. The summed E-state index contributed by atoms with van der Waals surface area (Å²) in [6.07, 6.45) is -2.85. The summed E-state index contributed by atoms with van der Waals surface area (Å²) >= 11 is 1.59. The highest BCUT2D eigenvalue weighted by Crippen LogP contribution is 2.30. The van der Waals surface area contributed by atoms with Gasteiger partial charge in [0.15, 0.2) is 5.69 Å². The molecule has 142 valence electrons. The Balaban J connectivity index is 1.60. The highest BCUT2D eigenvalue weighted by molar-refractivity contribution is 7.08. The van der Waals surface area contributed by atoms with E-state index in [9.17, 15) is 18.0 Å². The lowest BCUT2D eigenvalue weighted by Crippen LogP contribution is -2.14. The van der Waals surface area contributed by atoms with Gasteiger partial charge in [-0.1, -0.05) is 6.07 Å². The van der Waals surface area contributed by atoms with Crippen molar-refractivity contribution < 1.29 is 18.0 Å². The number of carbonyl (C=O) groups excluding carboxylic acids is 1. The standard InChI is InChI=1S/C19H13F3N4OS/c1-26-17(8-16(25-26)19(20,21)22)24-18(27)12-3-2-11-6-14(9-23-15(11)7-12)13-4-5-28-10-13/h2-10H,1H3,(H,24,27). The van der Waals surface area contributed by atoms with Gasteiger partial charge < -0.3 is 5.32 Å². The number of thiophene rings is 1. The first-order valence-corrected chi connectivity index (χ1v) is 9.10. The number of anilines is 1. The zero-order valence-electron chi connectivity index (χ0n) is 14.5. The number of pyridine rings is 1. The summed E-state index contributed by atoms with van der Waals surface area (Å²) in [6, 6.07) is 9.74. The number of benzene rings is 1. The van der Waals surface area contributed by atoms with Crippen molar-refractivity contribution in [2.24, 2.45) is 7.05 Å². The Labute approximate surface area is 161 Å². The minimum atomic E-state index is -4.58. The first kappa shape index (κ1) is 18.2. The molecule has 1 amide bonds. The van der Waals surface area contributed by atoms with Gasteiger partial charge in [-0.15, -0.1) is 0 Å². The number of halogens is 3. The number of aryl methyl sites for hydroxylation is 1. The summed E-state index contributed by atoms with van der Waals surface area (Å²) in [7, 11) is 1.33. The fourth-order valence-corrected chi connectivity index (χ4v) is 3.43. The van der Waals surface area contributed by atoms with Crippen molar-refractivity contribution in [2.45, 2.75) is 6.18 Å². The minimum Gasteiger partial charge on any atom is -0.307 e. The van der Waals surface area contributed by atoms with Gasteiger partial charge in [-0.05, 0) is 40.6 Å². The van der Waals surface area contributed by atoms with Gasteiger partial charge in [-0.3, -0.25) is 14.5 Å². The van der Waals surface area contributed by atoms with Gasteiger partial charge in [-0.25, -0.2) is 0 Å². The zero-order chi connectivity index (χ0) is 19.9. The Morgan fingerprint density at radius 1 is 1.14 bits per heavy atom. The molecule has 0 aliphatic rings. The molecule has 0 atom stereocenters. The van der Waals surface area contributed by atoms with Crippen molar-refractivity contribution in [2.75, 3.05) is 5.32 Å². The molecule has 0 saturated heterocycles. The van der Waals surface area contributed by atoms with Gasteiger partial charge in [0, 0.05) is 35.8 Å². The number of aromatic nitrogens is 3. The molecular weight excluding hydrogens is 389 g/mol. The number of amides is 1. The molecule has 0 aliphatic heterocycles. The van der Waals surface area contributed by atoms with E-state index in [2.05, 4.69) is 15.4 Å². The van der Waals surface area contributed by atoms with Crippen molar-refractivity contribution in [3.8, 4) is 11.1 Å². The minimum absolute atomic E-state index is 0.0433. The molecule has 3 heterocycles. The Hall–Kier alpha value is -3.20. The Morgan fingerprint density at radius 3 is 2.64 bits per heavy atom. The predicted molar refractivity (Wildman–Crippen MR) is 101 cm³/mol. The number of rotatable bonds is 3. The summed E-state index contributed by atoms with van der Waals surface area (Å²) in [5.41, 5.74) is 1.88. The lowest BCUT2D eigenvalue weighted by Gasteiger charge is -2.07. The van der Waals surface area contributed by atoms with Gasteiger partial charge in [-0.2, -0.15) is 29.6 Å². The lowest BCUT2D eigenvalue weighted by molar-refractivity contribution is -0.141. The van der Waals surface area contributed by atoms with Gasteiger partial charge in [0.1, 0.15) is 5.82 Å². The monoisotopic (exact) mass is 402 g/mol. The maximum atomic E-state index is 12.8. The molecule has 1 aromatic carbocycles. The third-order valence-corrected chi connectivity index (χ3v) is 4.90. The molecule has 0 spiro atoms. The van der Waals surface area contributed by atoms with Crippen molar-refractivity contribution in [3.63, 3.8) is 0 Å². The van der Waals surface area contributed by atoms with Crippen LogP contribution in [0.4, 0.5) is 19.0 Å². The van der Waals surface area contributed by atoms with Crippen LogP contribution in [-0.4, -0.2) is 20.7 Å². The van der Waals surface area contributed by atoms with Crippen LogP contribution in [0.1, 0.15) is 16.1 Å². The van der Waals surface area contributed by atoms with Crippen LogP contribution < -0.4 is 5.32 Å². The highest BCUT2D eigenvalue weighted by atomic mass is 32.1. The zero-order valence-corrected chi connectivity index (χ0v) is 15.3. The van der Waals surface area contributed by atoms with Gasteiger partial charge in [0.05, 0.1) is 5.52 Å². The van der Waals surface area contributed by atoms with E-state index in [0.717, 1.165) is 27.3 Å². The maximum absolute atomic E-state index is 12.8. The number of carbonyl (C=O) groups is 1. The average Bonchev–Trinajstić information content (AvgIpc) is 3.31. The number of alkyl halides is 3. The van der Waals surface area contributed by atoms with Crippen LogP contribution in [0, 0.1) is 0 Å². The second-order valence-corrected chi connectivity index (χ2v) is 6.91. The number of hydrogen-bond acceptors (Lipinski definition) is 4. The molecule has 9 heteroatoms. The topological polar surface area (TPSA) is 59.8 Å². The molecule has 28 heavy (non-hydrogen) atoms. The molecule has 0 saturated carbocycles. The number of fused-ring (bicyclic) bond motifs is 1. The van der Waals surface area contributed by atoms with E-state index >= 15 is 0 Å². The molecule has 4 rings (SSSR count). The van der Waals surface area contributed by atoms with E-state index in [-0.39, 0.29) is 11.4 Å². The molecule has 4 aromatic rings. The first-order chi connectivity index (χ1) is 13.3. The van der Waals surface area contributed by atoms with E-state index in [1.165, 1.54) is 7.05 Å². The fourth-order valence-electron chi connectivity index (χ4n) is 2.76. The van der Waals surface area contributed by atoms with E-state index in [1.54, 1.807) is 35.7 Å². The van der Waals surface area contributed by atoms with Crippen molar-refractivity contribution in [1.82, 2.24) is 14.8 Å². The second-order valence-electron chi connectivity index (χ2n) is 6.13. The summed E-state index contributed by atoms with van der Waals surface area (Å²) in [5.74, 6) is -0.583. The summed E-state index contributed by atoms with van der Waals surface area (Å²) in [5, 5.41) is 10.7. The van der Waals surface area contributed by atoms with Crippen LogP contribution in [0.2, 0.25) is 0 Å². The van der Waals surface area contributed by atoms with Crippen molar-refractivity contribution in [1.29, 1.82) is 0 Å². The second kappa shape index (κ2) is 6.75. The highest BCUT2D eigenvalue weighted by Gasteiger charge is 2.34. The van der Waals surface area contributed by atoms with Crippen LogP contribution >= 0.6 is 11.3 Å². The quantitative estimate of drug-likeness (QED) is 0.526. The first-order valence-electron chi connectivity index (χ1n) is 8.16. The summed E-state index contributed by atoms with van der Waals surface area (Å²) < 4.78 is 39.2. The molecule has 0 radical (unpaired) electrons. The molecule has 5 nitrogen and oxygen atoms in total. The largest absolute Gasteiger partial charge is 0.435 e. The van der Waals surface area contributed by atoms with Crippen LogP contribution in [-0.2, 0) is 13.2 Å². The third-order valence-electron chi connectivity index (χ3n) is 4.21. The molecule has 0 aliphatic carbocycles. The fraction of sp³-hybridized carbons (Fsp3) is 0.105. The Kier molecular flexibility index (Phi) is 4.38. The SMILES string of the molecule is Cn1nc(C(F)(F)F)cc1NC(=O)c1ccc2cc(-c3ccsc3)cnc2c1. The van der Waals surface area contributed by atoms with Crippen molar-refractivity contribution in [3.05, 3.63) is 64.6 Å².